The molecule has 0 aromatic heterocycles. The Morgan fingerprint density at radius 2 is 1.82 bits per heavy atom. The van der Waals surface area contributed by atoms with Crippen LogP contribution in [-0.4, -0.2) is 73.0 Å². The fourth-order valence-electron chi connectivity index (χ4n) is 1.90. The molecule has 0 N–H and O–H groups in total. The Morgan fingerprint density at radius 1 is 1.23 bits per heavy atom. The van der Waals surface area contributed by atoms with Crippen LogP contribution < -0.4 is 0 Å². The lowest BCUT2D eigenvalue weighted by Crippen LogP contribution is -2.38. The Labute approximate surface area is 142 Å². The zero-order valence-electron chi connectivity index (χ0n) is 13.1. The second-order valence-corrected chi connectivity index (χ2v) is 8.22. The number of carbonyl (C=O) groups excluding carboxylic acids is 1. The molecule has 126 valence electrons. The number of thiocarbonyl (C=S) groups is 2. The molecule has 0 atom stereocenters. The maximum atomic E-state index is 12.0. The standard InChI is InChI=1S/C13H22N2O4S3/c1-4-19-13(21)15(3)9-22(17,18)8-11(16)7-14(2)12(20)10-5-6-10/h10H,4-9H2,1-3H3. The number of sulfone groups is 1. The lowest BCUT2D eigenvalue weighted by molar-refractivity contribution is -0.116. The highest BCUT2D eigenvalue weighted by Crippen LogP contribution is 2.31. The Morgan fingerprint density at radius 3 is 2.32 bits per heavy atom. The minimum Gasteiger partial charge on any atom is -0.471 e. The van der Waals surface area contributed by atoms with Gasteiger partial charge in [-0.15, -0.1) is 0 Å². The van der Waals surface area contributed by atoms with Crippen LogP contribution in [0, 0.1) is 5.92 Å². The van der Waals surface area contributed by atoms with E-state index in [2.05, 4.69) is 0 Å². The second kappa shape index (κ2) is 8.16. The minimum absolute atomic E-state index is 0.0220. The summed E-state index contributed by atoms with van der Waals surface area (Å²) in [6.45, 7) is 2.15. The Hall–Kier alpha value is -0.800. The van der Waals surface area contributed by atoms with E-state index < -0.39 is 15.6 Å². The molecular weight excluding hydrogens is 344 g/mol. The smallest absolute Gasteiger partial charge is 0.259 e. The zero-order valence-corrected chi connectivity index (χ0v) is 15.5. The van der Waals surface area contributed by atoms with Gasteiger partial charge in [0.1, 0.15) is 11.6 Å². The van der Waals surface area contributed by atoms with Gasteiger partial charge in [0.2, 0.25) is 0 Å². The molecule has 1 rings (SSSR count). The van der Waals surface area contributed by atoms with Crippen molar-refractivity contribution in [2.45, 2.75) is 19.8 Å². The van der Waals surface area contributed by atoms with Crippen molar-refractivity contribution in [2.24, 2.45) is 5.92 Å². The molecule has 9 heteroatoms. The van der Waals surface area contributed by atoms with Gasteiger partial charge in [0.15, 0.2) is 15.6 Å². The summed E-state index contributed by atoms with van der Waals surface area (Å²) in [5.74, 6) is -0.863. The molecule has 0 spiro atoms. The zero-order chi connectivity index (χ0) is 16.9. The average Bonchev–Trinajstić information content (AvgIpc) is 3.20. The minimum atomic E-state index is -3.58. The number of ketones is 1. The third kappa shape index (κ3) is 6.53. The van der Waals surface area contributed by atoms with Gasteiger partial charge in [-0.25, -0.2) is 8.42 Å². The van der Waals surface area contributed by atoms with Gasteiger partial charge in [-0.3, -0.25) is 4.79 Å². The van der Waals surface area contributed by atoms with E-state index in [4.69, 9.17) is 29.2 Å². The van der Waals surface area contributed by atoms with E-state index in [1.807, 2.05) is 0 Å². The summed E-state index contributed by atoms with van der Waals surface area (Å²) in [4.78, 5) is 15.6. The van der Waals surface area contributed by atoms with Crippen LogP contribution in [0.4, 0.5) is 0 Å². The molecule has 0 saturated heterocycles. The van der Waals surface area contributed by atoms with E-state index in [1.54, 1.807) is 18.9 Å². The lowest BCUT2D eigenvalue weighted by Gasteiger charge is -2.21. The summed E-state index contributed by atoms with van der Waals surface area (Å²) in [7, 11) is -0.334. The van der Waals surface area contributed by atoms with E-state index in [0.29, 0.717) is 12.5 Å². The van der Waals surface area contributed by atoms with E-state index in [0.717, 1.165) is 17.8 Å². The number of likely N-dealkylation sites (N-methyl/N-ethyl adjacent to an activating group) is 1. The van der Waals surface area contributed by atoms with Crippen LogP contribution in [0.25, 0.3) is 0 Å². The normalized spacial score (nSPS) is 14.3. The molecule has 6 nitrogen and oxygen atoms in total. The van der Waals surface area contributed by atoms with Crippen LogP contribution in [0.3, 0.4) is 0 Å². The van der Waals surface area contributed by atoms with Crippen molar-refractivity contribution in [3.63, 3.8) is 0 Å². The number of Topliss-reactive ketones (excluding diaryl/α,β-unsaturated/α-hetero) is 1. The van der Waals surface area contributed by atoms with Crippen LogP contribution in [0.2, 0.25) is 0 Å². The van der Waals surface area contributed by atoms with Crippen molar-refractivity contribution in [1.29, 1.82) is 0 Å². The molecule has 1 aliphatic rings. The van der Waals surface area contributed by atoms with Gasteiger partial charge in [-0.2, -0.15) is 0 Å². The topological polar surface area (TPSA) is 66.9 Å². The quantitative estimate of drug-likeness (QED) is 0.586. The highest BCUT2D eigenvalue weighted by Gasteiger charge is 2.29. The summed E-state index contributed by atoms with van der Waals surface area (Å²) < 4.78 is 29.1. The molecule has 0 unspecified atom stereocenters. The van der Waals surface area contributed by atoms with Crippen molar-refractivity contribution < 1.29 is 17.9 Å². The van der Waals surface area contributed by atoms with Crippen LogP contribution in [0.1, 0.15) is 19.8 Å². The molecule has 0 heterocycles. The number of rotatable bonds is 8. The fourth-order valence-corrected chi connectivity index (χ4v) is 3.85. The van der Waals surface area contributed by atoms with Crippen molar-refractivity contribution in [2.75, 3.05) is 38.9 Å². The third-order valence-corrected chi connectivity index (χ3v) is 5.68. The van der Waals surface area contributed by atoms with Gasteiger partial charge >= 0.3 is 0 Å². The monoisotopic (exact) mass is 366 g/mol. The van der Waals surface area contributed by atoms with E-state index in [-0.39, 0.29) is 23.4 Å². The predicted octanol–water partition coefficient (Wildman–Crippen LogP) is 0.850. The van der Waals surface area contributed by atoms with Crippen LogP contribution in [0.5, 0.6) is 0 Å². The molecule has 0 bridgehead atoms. The van der Waals surface area contributed by atoms with Crippen molar-refractivity contribution in [3.8, 4) is 0 Å². The van der Waals surface area contributed by atoms with E-state index in [9.17, 15) is 13.2 Å². The number of carbonyl (C=O) groups is 1. The summed E-state index contributed by atoms with van der Waals surface area (Å²) >= 11 is 10.2. The van der Waals surface area contributed by atoms with Gasteiger partial charge in [0, 0.05) is 20.0 Å². The predicted molar refractivity (Wildman–Crippen MR) is 93.6 cm³/mol. The molecule has 0 aromatic rings. The number of hydrogen-bond acceptors (Lipinski definition) is 6. The van der Waals surface area contributed by atoms with Gasteiger partial charge in [-0.05, 0) is 32.0 Å². The summed E-state index contributed by atoms with van der Waals surface area (Å²) in [5.41, 5.74) is 0. The van der Waals surface area contributed by atoms with Crippen LogP contribution in [0.15, 0.2) is 0 Å². The first-order valence-electron chi connectivity index (χ1n) is 7.01. The van der Waals surface area contributed by atoms with Crippen LogP contribution in [-0.2, 0) is 19.4 Å². The number of nitrogens with zero attached hydrogens (tertiary/aromatic N) is 2. The van der Waals surface area contributed by atoms with Gasteiger partial charge < -0.3 is 14.5 Å². The molecule has 22 heavy (non-hydrogen) atoms. The molecule has 0 aromatic carbocycles. The highest BCUT2D eigenvalue weighted by atomic mass is 32.2. The summed E-state index contributed by atoms with van der Waals surface area (Å²) in [6.07, 6.45) is 2.10. The average molecular weight is 367 g/mol. The lowest BCUT2D eigenvalue weighted by atomic mass is 10.3. The van der Waals surface area contributed by atoms with Gasteiger partial charge in [0.05, 0.1) is 18.1 Å². The van der Waals surface area contributed by atoms with Crippen LogP contribution >= 0.6 is 24.4 Å². The summed E-state index contributed by atoms with van der Waals surface area (Å²) in [5, 5.41) is 0.102. The number of ether oxygens (including phenoxy) is 1. The SMILES string of the molecule is CCOC(=S)N(C)CS(=O)(=O)CC(=O)CN(C)C(=S)C1CC1. The molecular formula is C13H22N2O4S3. The first-order chi connectivity index (χ1) is 10.2. The maximum Gasteiger partial charge on any atom is 0.259 e. The summed E-state index contributed by atoms with van der Waals surface area (Å²) in [6, 6.07) is 0. The van der Waals surface area contributed by atoms with Gasteiger partial charge in [0.25, 0.3) is 5.17 Å². The molecule has 0 amide bonds. The Kier molecular flexibility index (Phi) is 7.14. The molecule has 0 radical (unpaired) electrons. The molecule has 0 aliphatic heterocycles. The number of hydrogen-bond donors (Lipinski definition) is 0. The maximum absolute atomic E-state index is 12.0. The first-order valence-corrected chi connectivity index (χ1v) is 9.65. The third-order valence-electron chi connectivity index (χ3n) is 3.07. The largest absolute Gasteiger partial charge is 0.471 e. The van der Waals surface area contributed by atoms with E-state index in [1.165, 1.54) is 11.9 Å². The molecule has 1 aliphatic carbocycles. The second-order valence-electron chi connectivity index (χ2n) is 5.42. The first kappa shape index (κ1) is 19.2. The fraction of sp³-hybridized carbons (Fsp3) is 0.769. The van der Waals surface area contributed by atoms with Crippen molar-refractivity contribution in [1.82, 2.24) is 9.80 Å². The van der Waals surface area contributed by atoms with Crippen molar-refractivity contribution in [3.05, 3.63) is 0 Å². The molecule has 1 fully saturated rings. The van der Waals surface area contributed by atoms with E-state index >= 15 is 0 Å². The molecule has 1 saturated carbocycles. The Bertz CT molecular complexity index is 543. The Balaban J connectivity index is 2.47. The van der Waals surface area contributed by atoms with Crippen molar-refractivity contribution >= 4 is 50.2 Å². The highest BCUT2D eigenvalue weighted by molar-refractivity contribution is 7.92. The van der Waals surface area contributed by atoms with Gasteiger partial charge in [-0.1, -0.05) is 12.2 Å².